The second kappa shape index (κ2) is 4.11. The monoisotopic (exact) mass is 191 g/mol. The van der Waals surface area contributed by atoms with Crippen molar-refractivity contribution in [3.05, 3.63) is 35.4 Å². The minimum Gasteiger partial charge on any atom is -0.380 e. The molecule has 2 nitrogen and oxygen atoms in total. The van der Waals surface area contributed by atoms with Crippen LogP contribution < -0.4 is 5.73 Å². The summed E-state index contributed by atoms with van der Waals surface area (Å²) in [6, 6.07) is 8.78. The van der Waals surface area contributed by atoms with Gasteiger partial charge in [0.05, 0.1) is 6.61 Å². The first kappa shape index (κ1) is 9.69. The summed E-state index contributed by atoms with van der Waals surface area (Å²) >= 11 is 0. The average molecular weight is 191 g/mol. The Labute approximate surface area is 85.1 Å². The SMILES string of the molecule is Cc1cccc(C2CCOCC2N)c1. The van der Waals surface area contributed by atoms with Gasteiger partial charge < -0.3 is 10.5 Å². The molecule has 14 heavy (non-hydrogen) atoms. The zero-order valence-electron chi connectivity index (χ0n) is 8.57. The molecule has 0 saturated carbocycles. The Kier molecular flexibility index (Phi) is 2.85. The summed E-state index contributed by atoms with van der Waals surface area (Å²) in [5.41, 5.74) is 8.70. The third kappa shape index (κ3) is 1.97. The van der Waals surface area contributed by atoms with Crippen molar-refractivity contribution in [2.24, 2.45) is 5.73 Å². The molecule has 2 rings (SSSR count). The maximum atomic E-state index is 6.04. The first-order valence-corrected chi connectivity index (χ1v) is 5.17. The molecule has 1 aromatic rings. The lowest BCUT2D eigenvalue weighted by atomic mass is 9.87. The van der Waals surface area contributed by atoms with Crippen LogP contribution in [0.5, 0.6) is 0 Å². The molecule has 2 heteroatoms. The third-order valence-electron chi connectivity index (χ3n) is 2.87. The molecule has 1 fully saturated rings. The number of benzene rings is 1. The molecule has 2 unspecified atom stereocenters. The molecule has 1 aliphatic rings. The van der Waals surface area contributed by atoms with Gasteiger partial charge in [0.2, 0.25) is 0 Å². The fraction of sp³-hybridized carbons (Fsp3) is 0.500. The molecule has 0 spiro atoms. The van der Waals surface area contributed by atoms with Gasteiger partial charge in [0, 0.05) is 18.6 Å². The molecule has 0 radical (unpaired) electrons. The second-order valence-corrected chi connectivity index (χ2v) is 4.05. The van der Waals surface area contributed by atoms with Gasteiger partial charge in [-0.25, -0.2) is 0 Å². The molecule has 1 saturated heterocycles. The van der Waals surface area contributed by atoms with Crippen LogP contribution in [0.25, 0.3) is 0 Å². The van der Waals surface area contributed by atoms with E-state index in [1.807, 2.05) is 0 Å². The highest BCUT2D eigenvalue weighted by molar-refractivity contribution is 5.27. The van der Waals surface area contributed by atoms with Crippen LogP contribution in [0.2, 0.25) is 0 Å². The molecule has 1 aromatic carbocycles. The van der Waals surface area contributed by atoms with E-state index in [1.54, 1.807) is 0 Å². The minimum atomic E-state index is 0.158. The van der Waals surface area contributed by atoms with Crippen molar-refractivity contribution in [1.82, 2.24) is 0 Å². The van der Waals surface area contributed by atoms with Gasteiger partial charge in [0.25, 0.3) is 0 Å². The number of rotatable bonds is 1. The van der Waals surface area contributed by atoms with E-state index in [0.29, 0.717) is 12.5 Å². The Morgan fingerprint density at radius 1 is 1.43 bits per heavy atom. The second-order valence-electron chi connectivity index (χ2n) is 4.05. The van der Waals surface area contributed by atoms with Crippen LogP contribution in [0.4, 0.5) is 0 Å². The van der Waals surface area contributed by atoms with E-state index in [9.17, 15) is 0 Å². The van der Waals surface area contributed by atoms with E-state index >= 15 is 0 Å². The first-order valence-electron chi connectivity index (χ1n) is 5.17. The van der Waals surface area contributed by atoms with Gasteiger partial charge in [0.1, 0.15) is 0 Å². The predicted octanol–water partition coefficient (Wildman–Crippen LogP) is 1.83. The van der Waals surface area contributed by atoms with Crippen molar-refractivity contribution in [3.63, 3.8) is 0 Å². The Morgan fingerprint density at radius 2 is 2.29 bits per heavy atom. The van der Waals surface area contributed by atoms with Gasteiger partial charge >= 0.3 is 0 Å². The van der Waals surface area contributed by atoms with E-state index in [4.69, 9.17) is 10.5 Å². The Bertz CT molecular complexity index is 311. The van der Waals surface area contributed by atoms with E-state index in [0.717, 1.165) is 13.0 Å². The topological polar surface area (TPSA) is 35.2 Å². The first-order chi connectivity index (χ1) is 6.77. The summed E-state index contributed by atoms with van der Waals surface area (Å²) in [7, 11) is 0. The normalized spacial score (nSPS) is 27.6. The quantitative estimate of drug-likeness (QED) is 0.735. The molecule has 0 bridgehead atoms. The Hall–Kier alpha value is -0.860. The minimum absolute atomic E-state index is 0.158. The lowest BCUT2D eigenvalue weighted by Crippen LogP contribution is -2.37. The molecular weight excluding hydrogens is 174 g/mol. The highest BCUT2D eigenvalue weighted by Crippen LogP contribution is 2.26. The molecule has 0 aliphatic carbocycles. The van der Waals surface area contributed by atoms with Gasteiger partial charge in [-0.3, -0.25) is 0 Å². The highest BCUT2D eigenvalue weighted by atomic mass is 16.5. The standard InChI is InChI=1S/C12H17NO/c1-9-3-2-4-10(7-9)11-5-6-14-8-12(11)13/h2-4,7,11-12H,5-6,8,13H2,1H3. The van der Waals surface area contributed by atoms with E-state index in [2.05, 4.69) is 31.2 Å². The maximum absolute atomic E-state index is 6.04. The largest absolute Gasteiger partial charge is 0.380 e. The van der Waals surface area contributed by atoms with Crippen molar-refractivity contribution < 1.29 is 4.74 Å². The average Bonchev–Trinajstić information content (AvgIpc) is 2.18. The third-order valence-corrected chi connectivity index (χ3v) is 2.87. The molecule has 1 aliphatic heterocycles. The van der Waals surface area contributed by atoms with Gasteiger partial charge in [-0.05, 0) is 18.9 Å². The molecule has 1 heterocycles. The van der Waals surface area contributed by atoms with E-state index in [-0.39, 0.29) is 6.04 Å². The zero-order chi connectivity index (χ0) is 9.97. The summed E-state index contributed by atoms with van der Waals surface area (Å²) < 4.78 is 5.34. The highest BCUT2D eigenvalue weighted by Gasteiger charge is 2.23. The molecule has 2 atom stereocenters. The molecule has 0 amide bonds. The van der Waals surface area contributed by atoms with Crippen LogP contribution >= 0.6 is 0 Å². The van der Waals surface area contributed by atoms with Crippen LogP contribution in [0.3, 0.4) is 0 Å². The smallest absolute Gasteiger partial charge is 0.0623 e. The number of nitrogens with two attached hydrogens (primary N) is 1. The van der Waals surface area contributed by atoms with Crippen molar-refractivity contribution in [3.8, 4) is 0 Å². The lowest BCUT2D eigenvalue weighted by molar-refractivity contribution is 0.0696. The van der Waals surface area contributed by atoms with Crippen molar-refractivity contribution in [2.75, 3.05) is 13.2 Å². The van der Waals surface area contributed by atoms with Crippen LogP contribution in [-0.4, -0.2) is 19.3 Å². The van der Waals surface area contributed by atoms with Crippen LogP contribution in [0.1, 0.15) is 23.5 Å². The van der Waals surface area contributed by atoms with Gasteiger partial charge in [0.15, 0.2) is 0 Å². The summed E-state index contributed by atoms with van der Waals surface area (Å²) in [6.45, 7) is 3.65. The van der Waals surface area contributed by atoms with Crippen molar-refractivity contribution in [1.29, 1.82) is 0 Å². The fourth-order valence-electron chi connectivity index (χ4n) is 2.07. The molecule has 2 N–H and O–H groups in total. The van der Waals surface area contributed by atoms with E-state index < -0.39 is 0 Å². The van der Waals surface area contributed by atoms with Crippen LogP contribution in [0.15, 0.2) is 24.3 Å². The fourth-order valence-corrected chi connectivity index (χ4v) is 2.07. The van der Waals surface area contributed by atoms with Crippen molar-refractivity contribution in [2.45, 2.75) is 25.3 Å². The maximum Gasteiger partial charge on any atom is 0.0623 e. The molecular formula is C12H17NO. The number of aryl methyl sites for hydroxylation is 1. The summed E-state index contributed by atoms with van der Waals surface area (Å²) in [6.07, 6.45) is 1.05. The summed E-state index contributed by atoms with van der Waals surface area (Å²) in [5.74, 6) is 0.476. The van der Waals surface area contributed by atoms with Gasteiger partial charge in [-0.2, -0.15) is 0 Å². The Balaban J connectivity index is 2.20. The zero-order valence-corrected chi connectivity index (χ0v) is 8.57. The van der Waals surface area contributed by atoms with Gasteiger partial charge in [-0.15, -0.1) is 0 Å². The lowest BCUT2D eigenvalue weighted by Gasteiger charge is -2.29. The van der Waals surface area contributed by atoms with Crippen LogP contribution in [-0.2, 0) is 4.74 Å². The summed E-state index contributed by atoms with van der Waals surface area (Å²) in [5, 5.41) is 0. The molecule has 0 aromatic heterocycles. The molecule has 76 valence electrons. The van der Waals surface area contributed by atoms with Crippen molar-refractivity contribution >= 4 is 0 Å². The summed E-state index contributed by atoms with van der Waals surface area (Å²) in [4.78, 5) is 0. The number of hydrogen-bond acceptors (Lipinski definition) is 2. The number of ether oxygens (including phenoxy) is 1. The van der Waals surface area contributed by atoms with E-state index in [1.165, 1.54) is 11.1 Å². The Morgan fingerprint density at radius 3 is 3.00 bits per heavy atom. The number of hydrogen-bond donors (Lipinski definition) is 1. The van der Waals surface area contributed by atoms with Crippen LogP contribution in [0, 0.1) is 6.92 Å². The van der Waals surface area contributed by atoms with Gasteiger partial charge in [-0.1, -0.05) is 29.8 Å². The predicted molar refractivity (Wildman–Crippen MR) is 57.3 cm³/mol.